The number of hydrogen-bond donors (Lipinski definition) is 2. The van der Waals surface area contributed by atoms with Crippen LogP contribution in [-0.2, 0) is 24.9 Å². The zero-order valence-electron chi connectivity index (χ0n) is 16.4. The molecule has 0 atom stereocenters. The highest BCUT2D eigenvalue weighted by molar-refractivity contribution is 6.28. The van der Waals surface area contributed by atoms with Crippen LogP contribution in [0.25, 0.3) is 22.2 Å². The van der Waals surface area contributed by atoms with Crippen molar-refractivity contribution in [2.24, 2.45) is 7.05 Å². The number of hydrogen-bond acceptors (Lipinski definition) is 7. The summed E-state index contributed by atoms with van der Waals surface area (Å²) in [5.41, 5.74) is 9.82. The first kappa shape index (κ1) is 19.9. The van der Waals surface area contributed by atoms with Gasteiger partial charge < -0.3 is 24.9 Å². The Kier molecular flexibility index (Phi) is 5.66. The molecule has 30 heavy (non-hydrogen) atoms. The molecule has 11 heteroatoms. The SMILES string of the molecule is Cn1cnc2cc(CNC(=O)OCCCCn3cnc4c(N)nc(Cl)nc43)ccc21. The molecular formula is C19H21ClN8O2. The molecule has 0 radical (unpaired) electrons. The third kappa shape index (κ3) is 4.28. The highest BCUT2D eigenvalue weighted by Gasteiger charge is 2.10. The maximum absolute atomic E-state index is 11.9. The topological polar surface area (TPSA) is 126 Å². The minimum Gasteiger partial charge on any atom is -0.450 e. The number of nitrogens with zero attached hydrogens (tertiary/aromatic N) is 6. The van der Waals surface area contributed by atoms with Gasteiger partial charge in [0, 0.05) is 20.1 Å². The van der Waals surface area contributed by atoms with Gasteiger partial charge in [-0.05, 0) is 42.1 Å². The lowest BCUT2D eigenvalue weighted by atomic mass is 10.2. The predicted octanol–water partition coefficient (Wildman–Crippen LogP) is 2.66. The summed E-state index contributed by atoms with van der Waals surface area (Å²) in [7, 11) is 1.94. The maximum Gasteiger partial charge on any atom is 0.407 e. The molecule has 0 bridgehead atoms. The Morgan fingerprint density at radius 3 is 2.97 bits per heavy atom. The van der Waals surface area contributed by atoms with Crippen molar-refractivity contribution >= 4 is 45.7 Å². The van der Waals surface area contributed by atoms with Crippen LogP contribution in [0.1, 0.15) is 18.4 Å². The Labute approximate surface area is 177 Å². The molecule has 0 aliphatic rings. The van der Waals surface area contributed by atoms with Crippen LogP contribution in [0, 0.1) is 0 Å². The lowest BCUT2D eigenvalue weighted by Crippen LogP contribution is -2.24. The van der Waals surface area contributed by atoms with Crippen LogP contribution in [-0.4, -0.2) is 41.8 Å². The predicted molar refractivity (Wildman–Crippen MR) is 113 cm³/mol. The first-order chi connectivity index (χ1) is 14.5. The van der Waals surface area contributed by atoms with Crippen LogP contribution >= 0.6 is 11.6 Å². The molecule has 10 nitrogen and oxygen atoms in total. The molecule has 0 saturated heterocycles. The number of benzene rings is 1. The first-order valence-corrected chi connectivity index (χ1v) is 9.83. The van der Waals surface area contributed by atoms with Crippen LogP contribution in [0.5, 0.6) is 0 Å². The normalized spacial score (nSPS) is 11.3. The van der Waals surface area contributed by atoms with Crippen molar-refractivity contribution in [3.63, 3.8) is 0 Å². The van der Waals surface area contributed by atoms with E-state index in [4.69, 9.17) is 22.1 Å². The van der Waals surface area contributed by atoms with Gasteiger partial charge in [0.25, 0.3) is 0 Å². The van der Waals surface area contributed by atoms with Gasteiger partial charge in [0.1, 0.15) is 5.52 Å². The van der Waals surface area contributed by atoms with Crippen molar-refractivity contribution in [1.29, 1.82) is 0 Å². The van der Waals surface area contributed by atoms with Gasteiger partial charge in [-0.1, -0.05) is 6.07 Å². The Morgan fingerprint density at radius 2 is 2.10 bits per heavy atom. The molecule has 0 aliphatic carbocycles. The fraction of sp³-hybridized carbons (Fsp3) is 0.316. The average Bonchev–Trinajstić information content (AvgIpc) is 3.30. The fourth-order valence-electron chi connectivity index (χ4n) is 3.17. The summed E-state index contributed by atoms with van der Waals surface area (Å²) in [5.74, 6) is 0.256. The lowest BCUT2D eigenvalue weighted by molar-refractivity contribution is 0.143. The molecule has 0 saturated carbocycles. The third-order valence-corrected chi connectivity index (χ3v) is 4.89. The van der Waals surface area contributed by atoms with Crippen LogP contribution < -0.4 is 11.1 Å². The number of nitrogen functional groups attached to an aromatic ring is 1. The lowest BCUT2D eigenvalue weighted by Gasteiger charge is -2.08. The van der Waals surface area contributed by atoms with Gasteiger partial charge in [-0.2, -0.15) is 9.97 Å². The minimum atomic E-state index is -0.448. The first-order valence-electron chi connectivity index (χ1n) is 9.45. The number of nitrogens with one attached hydrogen (secondary N) is 1. The summed E-state index contributed by atoms with van der Waals surface area (Å²) in [6, 6.07) is 5.89. The second kappa shape index (κ2) is 8.54. The van der Waals surface area contributed by atoms with E-state index in [9.17, 15) is 4.79 Å². The zero-order chi connectivity index (χ0) is 21.1. The second-order valence-corrected chi connectivity index (χ2v) is 7.20. The summed E-state index contributed by atoms with van der Waals surface area (Å²) >= 11 is 5.86. The quantitative estimate of drug-likeness (QED) is 0.342. The molecule has 1 amide bonds. The number of anilines is 1. The highest BCUT2D eigenvalue weighted by Crippen LogP contribution is 2.18. The highest BCUT2D eigenvalue weighted by atomic mass is 35.5. The van der Waals surface area contributed by atoms with E-state index in [1.807, 2.05) is 34.4 Å². The molecule has 4 rings (SSSR count). The van der Waals surface area contributed by atoms with Crippen LogP contribution in [0.3, 0.4) is 0 Å². The van der Waals surface area contributed by atoms with E-state index < -0.39 is 6.09 Å². The average molecular weight is 429 g/mol. The van der Waals surface area contributed by atoms with Crippen molar-refractivity contribution in [2.45, 2.75) is 25.9 Å². The van der Waals surface area contributed by atoms with Gasteiger partial charge in [0.2, 0.25) is 5.28 Å². The van der Waals surface area contributed by atoms with Crippen LogP contribution in [0.2, 0.25) is 5.28 Å². The van der Waals surface area contributed by atoms with E-state index >= 15 is 0 Å². The van der Waals surface area contributed by atoms with E-state index in [2.05, 4.69) is 25.3 Å². The number of nitrogens with two attached hydrogens (primary N) is 1. The summed E-state index contributed by atoms with van der Waals surface area (Å²) in [6.07, 6.45) is 4.44. The fourth-order valence-corrected chi connectivity index (χ4v) is 3.34. The van der Waals surface area contributed by atoms with Gasteiger partial charge in [0.15, 0.2) is 11.5 Å². The number of amides is 1. The molecular weight excluding hydrogens is 408 g/mol. The Balaban J connectivity index is 1.19. The largest absolute Gasteiger partial charge is 0.450 e. The standard InChI is InChI=1S/C19H21ClN8O2/c1-27-10-23-13-8-12(4-5-14(13)27)9-22-19(29)30-7-3-2-6-28-11-24-15-16(21)25-18(20)26-17(15)28/h4-5,8,10-11H,2-3,6-7,9H2,1H3,(H,22,29)(H2,21,25,26). The molecule has 0 fully saturated rings. The molecule has 3 aromatic heterocycles. The molecule has 4 aromatic rings. The number of unbranched alkanes of at least 4 members (excludes halogenated alkanes) is 1. The summed E-state index contributed by atoms with van der Waals surface area (Å²) < 4.78 is 9.04. The number of aryl methyl sites for hydroxylation is 2. The van der Waals surface area contributed by atoms with E-state index in [1.54, 1.807) is 12.7 Å². The van der Waals surface area contributed by atoms with Gasteiger partial charge in [0.05, 0.1) is 30.3 Å². The molecule has 0 spiro atoms. The van der Waals surface area contributed by atoms with Gasteiger partial charge in [-0.3, -0.25) is 0 Å². The third-order valence-electron chi connectivity index (χ3n) is 4.72. The molecule has 3 heterocycles. The Bertz CT molecular complexity index is 1200. The Morgan fingerprint density at radius 1 is 1.23 bits per heavy atom. The molecule has 0 unspecified atom stereocenters. The number of rotatable bonds is 7. The number of carbonyl (C=O) groups excluding carboxylic acids is 1. The number of ether oxygens (including phenoxy) is 1. The number of aromatic nitrogens is 6. The second-order valence-electron chi connectivity index (χ2n) is 6.86. The van der Waals surface area contributed by atoms with E-state index in [0.717, 1.165) is 23.0 Å². The van der Waals surface area contributed by atoms with Crippen molar-refractivity contribution in [2.75, 3.05) is 12.3 Å². The van der Waals surface area contributed by atoms with Crippen molar-refractivity contribution < 1.29 is 9.53 Å². The number of alkyl carbamates (subject to hydrolysis) is 1. The van der Waals surface area contributed by atoms with Gasteiger partial charge in [-0.25, -0.2) is 14.8 Å². The number of imidazole rings is 2. The van der Waals surface area contributed by atoms with Gasteiger partial charge in [-0.15, -0.1) is 0 Å². The van der Waals surface area contributed by atoms with E-state index in [-0.39, 0.29) is 11.1 Å². The molecule has 156 valence electrons. The minimum absolute atomic E-state index is 0.0870. The smallest absolute Gasteiger partial charge is 0.407 e. The van der Waals surface area contributed by atoms with E-state index in [0.29, 0.717) is 37.3 Å². The number of carbonyl (C=O) groups is 1. The van der Waals surface area contributed by atoms with Crippen LogP contribution in [0.4, 0.5) is 10.6 Å². The van der Waals surface area contributed by atoms with Gasteiger partial charge >= 0.3 is 6.09 Å². The van der Waals surface area contributed by atoms with Crippen molar-refractivity contribution in [3.8, 4) is 0 Å². The zero-order valence-corrected chi connectivity index (χ0v) is 17.1. The number of halogens is 1. The van der Waals surface area contributed by atoms with Crippen molar-refractivity contribution in [1.82, 2.24) is 34.4 Å². The number of fused-ring (bicyclic) bond motifs is 2. The van der Waals surface area contributed by atoms with Crippen molar-refractivity contribution in [3.05, 3.63) is 41.7 Å². The van der Waals surface area contributed by atoms with E-state index in [1.165, 1.54) is 0 Å². The monoisotopic (exact) mass is 428 g/mol. The molecule has 0 aliphatic heterocycles. The summed E-state index contributed by atoms with van der Waals surface area (Å²) in [4.78, 5) is 28.5. The molecule has 3 N–H and O–H groups in total. The molecule has 1 aromatic carbocycles. The Hall–Kier alpha value is -3.40. The van der Waals surface area contributed by atoms with Crippen LogP contribution in [0.15, 0.2) is 30.9 Å². The maximum atomic E-state index is 11.9. The summed E-state index contributed by atoms with van der Waals surface area (Å²) in [6.45, 7) is 1.35. The summed E-state index contributed by atoms with van der Waals surface area (Å²) in [5, 5.41) is 2.84.